The first-order valence-electron chi connectivity index (χ1n) is 3.85. The van der Waals surface area contributed by atoms with Crippen molar-refractivity contribution in [1.29, 1.82) is 0 Å². The molecule has 0 radical (unpaired) electrons. The molecule has 2 nitrogen and oxygen atoms in total. The maximum absolute atomic E-state index is 4.98. The van der Waals surface area contributed by atoms with Gasteiger partial charge in [-0.15, -0.1) is 0 Å². The normalized spacial score (nSPS) is 12.0. The van der Waals surface area contributed by atoms with Crippen LogP contribution in [-0.4, -0.2) is 13.7 Å². The van der Waals surface area contributed by atoms with Gasteiger partial charge in [-0.05, 0) is 18.3 Å². The van der Waals surface area contributed by atoms with E-state index in [1.54, 1.807) is 7.05 Å². The van der Waals surface area contributed by atoms with Gasteiger partial charge in [0.25, 0.3) is 0 Å². The zero-order chi connectivity index (χ0) is 8.04. The summed E-state index contributed by atoms with van der Waals surface area (Å²) >= 11 is 0. The van der Waals surface area contributed by atoms with E-state index in [0.717, 1.165) is 13.0 Å². The summed E-state index contributed by atoms with van der Waals surface area (Å²) in [4.78, 5) is 4.98. The van der Waals surface area contributed by atoms with Crippen LogP contribution in [0.4, 0.5) is 0 Å². The molecule has 0 aliphatic heterocycles. The fourth-order valence-corrected chi connectivity index (χ4v) is 0.777. The Kier molecular flexibility index (Phi) is 4.65. The molecule has 0 unspecified atom stereocenters. The van der Waals surface area contributed by atoms with Crippen LogP contribution in [0.1, 0.15) is 33.6 Å². The fourth-order valence-electron chi connectivity index (χ4n) is 0.777. The molecule has 0 atom stereocenters. The monoisotopic (exact) mass is 145 g/mol. The minimum absolute atomic E-state index is 0.442. The van der Waals surface area contributed by atoms with Crippen molar-refractivity contribution in [1.82, 2.24) is 5.48 Å². The zero-order valence-corrected chi connectivity index (χ0v) is 7.53. The van der Waals surface area contributed by atoms with E-state index in [-0.39, 0.29) is 0 Å². The lowest BCUT2D eigenvalue weighted by Crippen LogP contribution is -2.11. The summed E-state index contributed by atoms with van der Waals surface area (Å²) in [6.45, 7) is 7.54. The van der Waals surface area contributed by atoms with Gasteiger partial charge in [0.15, 0.2) is 0 Å². The largest absolute Gasteiger partial charge is 0.302 e. The van der Waals surface area contributed by atoms with E-state index in [1.165, 1.54) is 6.42 Å². The predicted molar refractivity (Wildman–Crippen MR) is 43.7 cm³/mol. The lowest BCUT2D eigenvalue weighted by molar-refractivity contribution is 0.0509. The van der Waals surface area contributed by atoms with Crippen molar-refractivity contribution in [2.75, 3.05) is 13.7 Å². The third-order valence-corrected chi connectivity index (χ3v) is 1.32. The average Bonchev–Trinajstić information content (AvgIpc) is 1.78. The van der Waals surface area contributed by atoms with Crippen molar-refractivity contribution in [2.24, 2.45) is 5.41 Å². The van der Waals surface area contributed by atoms with Crippen molar-refractivity contribution in [3.8, 4) is 0 Å². The number of hydrogen-bond acceptors (Lipinski definition) is 2. The Bertz CT molecular complexity index is 75.8. The zero-order valence-electron chi connectivity index (χ0n) is 7.53. The molecule has 0 fully saturated rings. The van der Waals surface area contributed by atoms with Crippen LogP contribution < -0.4 is 5.48 Å². The average molecular weight is 145 g/mol. The van der Waals surface area contributed by atoms with Crippen molar-refractivity contribution in [3.63, 3.8) is 0 Å². The van der Waals surface area contributed by atoms with Gasteiger partial charge < -0.3 is 4.84 Å². The van der Waals surface area contributed by atoms with Crippen LogP contribution >= 0.6 is 0 Å². The van der Waals surface area contributed by atoms with Gasteiger partial charge >= 0.3 is 0 Å². The van der Waals surface area contributed by atoms with Crippen LogP contribution in [0.25, 0.3) is 0 Å². The number of nitrogens with one attached hydrogen (secondary N) is 1. The van der Waals surface area contributed by atoms with E-state index in [0.29, 0.717) is 5.41 Å². The first-order chi connectivity index (χ1) is 4.56. The Balaban J connectivity index is 3.04. The number of hydroxylamine groups is 1. The van der Waals surface area contributed by atoms with Crippen molar-refractivity contribution in [2.45, 2.75) is 33.6 Å². The highest BCUT2D eigenvalue weighted by atomic mass is 16.6. The van der Waals surface area contributed by atoms with Gasteiger partial charge in [0, 0.05) is 7.05 Å². The Labute approximate surface area is 63.9 Å². The minimum atomic E-state index is 0.442. The van der Waals surface area contributed by atoms with Crippen LogP contribution in [0.2, 0.25) is 0 Å². The fraction of sp³-hybridized carbons (Fsp3) is 1.00. The molecule has 0 saturated heterocycles. The molecule has 0 saturated carbocycles. The third-order valence-electron chi connectivity index (χ3n) is 1.32. The third kappa shape index (κ3) is 7.92. The van der Waals surface area contributed by atoms with E-state index in [2.05, 4.69) is 26.3 Å². The van der Waals surface area contributed by atoms with Gasteiger partial charge in [0.05, 0.1) is 6.61 Å². The molecule has 0 rings (SSSR count). The summed E-state index contributed by atoms with van der Waals surface area (Å²) in [7, 11) is 1.79. The summed E-state index contributed by atoms with van der Waals surface area (Å²) in [5.74, 6) is 0. The highest BCUT2D eigenvalue weighted by molar-refractivity contribution is 4.60. The maximum atomic E-state index is 4.98. The van der Waals surface area contributed by atoms with Crippen molar-refractivity contribution < 1.29 is 4.84 Å². The smallest absolute Gasteiger partial charge is 0.0682 e. The van der Waals surface area contributed by atoms with Crippen LogP contribution in [0, 0.1) is 5.41 Å². The lowest BCUT2D eigenvalue weighted by Gasteiger charge is -2.17. The molecule has 0 bridgehead atoms. The Hall–Kier alpha value is -0.0800. The molecule has 0 heterocycles. The Morgan fingerprint density at radius 1 is 1.30 bits per heavy atom. The maximum Gasteiger partial charge on any atom is 0.0682 e. The summed E-state index contributed by atoms with van der Waals surface area (Å²) < 4.78 is 0. The number of rotatable bonds is 4. The lowest BCUT2D eigenvalue weighted by atomic mass is 9.91. The highest BCUT2D eigenvalue weighted by Crippen LogP contribution is 2.19. The molecule has 0 aliphatic rings. The summed E-state index contributed by atoms with van der Waals surface area (Å²) in [5, 5.41) is 0. The quantitative estimate of drug-likeness (QED) is 0.482. The topological polar surface area (TPSA) is 21.3 Å². The second-order valence-electron chi connectivity index (χ2n) is 3.72. The van der Waals surface area contributed by atoms with Gasteiger partial charge in [-0.25, -0.2) is 5.48 Å². The van der Waals surface area contributed by atoms with Crippen LogP contribution in [-0.2, 0) is 4.84 Å². The molecule has 2 heteroatoms. The van der Waals surface area contributed by atoms with Crippen LogP contribution in [0.5, 0.6) is 0 Å². The van der Waals surface area contributed by atoms with Crippen LogP contribution in [0.3, 0.4) is 0 Å². The predicted octanol–water partition coefficient (Wildman–Crippen LogP) is 1.96. The van der Waals surface area contributed by atoms with E-state index in [1.807, 2.05) is 0 Å². The van der Waals surface area contributed by atoms with Gasteiger partial charge in [-0.3, -0.25) is 0 Å². The Morgan fingerprint density at radius 2 is 1.90 bits per heavy atom. The van der Waals surface area contributed by atoms with E-state index in [9.17, 15) is 0 Å². The molecular formula is C8H19NO. The molecule has 62 valence electrons. The van der Waals surface area contributed by atoms with Gasteiger partial charge in [-0.1, -0.05) is 20.8 Å². The molecule has 0 aromatic carbocycles. The summed E-state index contributed by atoms with van der Waals surface area (Å²) in [6, 6.07) is 0. The minimum Gasteiger partial charge on any atom is -0.302 e. The molecule has 0 aromatic rings. The molecule has 0 spiro atoms. The molecule has 0 aliphatic carbocycles. The van der Waals surface area contributed by atoms with E-state index in [4.69, 9.17) is 4.84 Å². The molecular weight excluding hydrogens is 126 g/mol. The van der Waals surface area contributed by atoms with Crippen molar-refractivity contribution >= 4 is 0 Å². The highest BCUT2D eigenvalue weighted by Gasteiger charge is 2.08. The first-order valence-corrected chi connectivity index (χ1v) is 3.85. The second kappa shape index (κ2) is 4.69. The van der Waals surface area contributed by atoms with E-state index < -0.39 is 0 Å². The molecule has 0 aromatic heterocycles. The van der Waals surface area contributed by atoms with E-state index >= 15 is 0 Å². The molecule has 10 heavy (non-hydrogen) atoms. The van der Waals surface area contributed by atoms with Gasteiger partial charge in [0.2, 0.25) is 0 Å². The van der Waals surface area contributed by atoms with Crippen LogP contribution in [0.15, 0.2) is 0 Å². The first kappa shape index (κ1) is 9.92. The second-order valence-corrected chi connectivity index (χ2v) is 3.72. The standard InChI is InChI=1S/C8H19NO/c1-8(2,3)6-5-7-10-9-4/h9H,5-7H2,1-4H3. The van der Waals surface area contributed by atoms with Crippen molar-refractivity contribution in [3.05, 3.63) is 0 Å². The summed E-state index contributed by atoms with van der Waals surface area (Å²) in [6.07, 6.45) is 2.35. The molecule has 0 amide bonds. The Morgan fingerprint density at radius 3 is 2.30 bits per heavy atom. The number of hydrogen-bond donors (Lipinski definition) is 1. The SMILES string of the molecule is CNOCCCC(C)(C)C. The summed E-state index contributed by atoms with van der Waals surface area (Å²) in [5.41, 5.74) is 3.10. The van der Waals surface area contributed by atoms with Gasteiger partial charge in [0.1, 0.15) is 0 Å². The van der Waals surface area contributed by atoms with Gasteiger partial charge in [-0.2, -0.15) is 0 Å². The molecule has 1 N–H and O–H groups in total.